The second-order valence-corrected chi connectivity index (χ2v) is 10.2. The molecule has 5 aromatic rings. The largest absolute Gasteiger partial charge is 0.422 e. The monoisotopic (exact) mass is 535 g/mol. The van der Waals surface area contributed by atoms with Gasteiger partial charge in [0.2, 0.25) is 0 Å². The number of fused-ring (bicyclic) bond motifs is 2. The van der Waals surface area contributed by atoms with Crippen LogP contribution in [0.3, 0.4) is 0 Å². The molecule has 0 N–H and O–H groups in total. The fourth-order valence-electron chi connectivity index (χ4n) is 5.61. The van der Waals surface area contributed by atoms with Crippen LogP contribution in [0.2, 0.25) is 0 Å². The predicted molar refractivity (Wildman–Crippen MR) is 159 cm³/mol. The van der Waals surface area contributed by atoms with Crippen LogP contribution in [0.15, 0.2) is 115 Å². The van der Waals surface area contributed by atoms with Gasteiger partial charge in [-0.2, -0.15) is 0 Å². The summed E-state index contributed by atoms with van der Waals surface area (Å²) < 4.78 is 11.3. The van der Waals surface area contributed by atoms with Gasteiger partial charge in [0.15, 0.2) is 0 Å². The third-order valence-corrected chi connectivity index (χ3v) is 7.62. The van der Waals surface area contributed by atoms with Crippen molar-refractivity contribution < 1.29 is 19.1 Å². The van der Waals surface area contributed by atoms with Gasteiger partial charge in [0, 0.05) is 27.5 Å². The molecule has 0 atom stereocenters. The van der Waals surface area contributed by atoms with Crippen molar-refractivity contribution in [2.24, 2.45) is 0 Å². The lowest BCUT2D eigenvalue weighted by atomic mass is 10.0. The second kappa shape index (κ2) is 9.65. The van der Waals surface area contributed by atoms with E-state index in [-0.39, 0.29) is 0 Å². The summed E-state index contributed by atoms with van der Waals surface area (Å²) >= 11 is 0. The molecule has 0 saturated carbocycles. The van der Waals surface area contributed by atoms with Gasteiger partial charge in [0.25, 0.3) is 0 Å². The first-order valence-corrected chi connectivity index (χ1v) is 13.4. The summed E-state index contributed by atoms with van der Waals surface area (Å²) in [5.41, 5.74) is 7.81. The number of hydrogen-bond acceptors (Lipinski definition) is 5. The Labute approximate surface area is 237 Å². The van der Waals surface area contributed by atoms with Crippen LogP contribution in [0, 0.1) is 13.8 Å². The Hall–Kier alpha value is -5.42. The minimum atomic E-state index is -0.432. The third-order valence-electron chi connectivity index (χ3n) is 7.62. The standard InChI is InChI=1S/C36H25NO4/c1-22-10-6-8-14-29(22)37(30-15-9-7-11-23(30)2)26-18-16-25(17-19-26)34-28-21-31-27(20-32(28)41-36(34)39)33(35(38)40-31)24-12-4-3-5-13-24/h3-21H,1-2H3. The minimum Gasteiger partial charge on any atom is -0.422 e. The fraction of sp³-hybridized carbons (Fsp3) is 0.0556. The number of esters is 2. The summed E-state index contributed by atoms with van der Waals surface area (Å²) in [6.07, 6.45) is 0. The molecule has 198 valence electrons. The van der Waals surface area contributed by atoms with E-state index < -0.39 is 11.9 Å². The zero-order chi connectivity index (χ0) is 28.1. The fourth-order valence-corrected chi connectivity index (χ4v) is 5.61. The van der Waals surface area contributed by atoms with Gasteiger partial charge in [-0.15, -0.1) is 0 Å². The van der Waals surface area contributed by atoms with Crippen LogP contribution in [0.25, 0.3) is 11.1 Å². The van der Waals surface area contributed by atoms with Gasteiger partial charge in [-0.25, -0.2) is 9.59 Å². The molecule has 41 heavy (non-hydrogen) atoms. The zero-order valence-corrected chi connectivity index (χ0v) is 22.5. The van der Waals surface area contributed by atoms with E-state index in [0.717, 1.165) is 39.3 Å². The van der Waals surface area contributed by atoms with E-state index in [9.17, 15) is 9.59 Å². The van der Waals surface area contributed by atoms with Crippen LogP contribution in [-0.4, -0.2) is 11.9 Å². The molecule has 5 aromatic carbocycles. The van der Waals surface area contributed by atoms with Crippen LogP contribution in [-0.2, 0) is 9.59 Å². The van der Waals surface area contributed by atoms with Gasteiger partial charge < -0.3 is 14.4 Å². The molecule has 0 aliphatic carbocycles. The lowest BCUT2D eigenvalue weighted by Gasteiger charge is -2.28. The maximum absolute atomic E-state index is 13.1. The molecule has 0 bridgehead atoms. The third kappa shape index (κ3) is 4.10. The number of carbonyl (C=O) groups is 2. The summed E-state index contributed by atoms with van der Waals surface area (Å²) in [5.74, 6) is -0.00964. The number of rotatable bonds is 5. The molecule has 0 amide bonds. The highest BCUT2D eigenvalue weighted by molar-refractivity contribution is 6.21. The van der Waals surface area contributed by atoms with Crippen LogP contribution in [0.5, 0.6) is 11.5 Å². The number of anilines is 3. The van der Waals surface area contributed by atoms with Gasteiger partial charge in [-0.05, 0) is 72.5 Å². The smallest absolute Gasteiger partial charge is 0.344 e. The van der Waals surface area contributed by atoms with Crippen molar-refractivity contribution in [3.63, 3.8) is 0 Å². The van der Waals surface area contributed by atoms with Crippen LogP contribution in [0.4, 0.5) is 17.1 Å². The summed E-state index contributed by atoms with van der Waals surface area (Å²) in [6, 6.07) is 37.3. The molecule has 5 nitrogen and oxygen atoms in total. The summed E-state index contributed by atoms with van der Waals surface area (Å²) in [6.45, 7) is 4.20. The molecular weight excluding hydrogens is 510 g/mol. The molecule has 0 aromatic heterocycles. The summed E-state index contributed by atoms with van der Waals surface area (Å²) in [5, 5.41) is 1.23. The molecule has 0 fully saturated rings. The highest BCUT2D eigenvalue weighted by Crippen LogP contribution is 2.38. The molecule has 0 unspecified atom stereocenters. The molecule has 2 aliphatic rings. The summed E-state index contributed by atoms with van der Waals surface area (Å²) in [4.78, 5) is 28.2. The number of benzene rings is 5. The number of aryl methyl sites for hydroxylation is 2. The maximum Gasteiger partial charge on any atom is 0.344 e. The Balaban J connectivity index is 1.35. The lowest BCUT2D eigenvalue weighted by molar-refractivity contribution is -0.128. The normalized spacial score (nSPS) is 13.5. The summed E-state index contributed by atoms with van der Waals surface area (Å²) in [7, 11) is 0. The number of nitrogens with zero attached hydrogens (tertiary/aromatic N) is 1. The highest BCUT2D eigenvalue weighted by atomic mass is 16.5. The number of ether oxygens (including phenoxy) is 2. The van der Waals surface area contributed by atoms with E-state index in [4.69, 9.17) is 9.47 Å². The lowest BCUT2D eigenvalue weighted by Crippen LogP contribution is -2.13. The Bertz CT molecular complexity index is 1950. The topological polar surface area (TPSA) is 55.8 Å². The molecule has 2 aliphatic heterocycles. The zero-order valence-electron chi connectivity index (χ0n) is 22.5. The quantitative estimate of drug-likeness (QED) is 0.204. The van der Waals surface area contributed by atoms with Crippen molar-refractivity contribution in [2.75, 3.05) is 4.90 Å². The van der Waals surface area contributed by atoms with Crippen molar-refractivity contribution >= 4 is 40.1 Å². The second-order valence-electron chi connectivity index (χ2n) is 10.2. The van der Waals surface area contributed by atoms with Crippen molar-refractivity contribution in [2.45, 2.75) is 13.8 Å². The first-order chi connectivity index (χ1) is 20.0. The van der Waals surface area contributed by atoms with E-state index in [1.165, 1.54) is 0 Å². The highest BCUT2D eigenvalue weighted by Gasteiger charge is 2.30. The number of hydrogen-bond donors (Lipinski definition) is 0. The van der Waals surface area contributed by atoms with Crippen molar-refractivity contribution in [3.05, 3.63) is 148 Å². The van der Waals surface area contributed by atoms with E-state index in [2.05, 4.69) is 43.0 Å². The molecule has 2 heterocycles. The average molecular weight is 536 g/mol. The Morgan fingerprint density at radius 2 is 0.951 bits per heavy atom. The number of para-hydroxylation sites is 2. The van der Waals surface area contributed by atoms with Crippen molar-refractivity contribution in [1.29, 1.82) is 0 Å². The molecule has 0 radical (unpaired) electrons. The van der Waals surface area contributed by atoms with Crippen LogP contribution < -0.4 is 24.8 Å². The minimum absolute atomic E-state index is 0.417. The molecule has 0 saturated heterocycles. The van der Waals surface area contributed by atoms with Gasteiger partial charge in [-0.1, -0.05) is 78.9 Å². The Morgan fingerprint density at radius 3 is 1.44 bits per heavy atom. The van der Waals surface area contributed by atoms with E-state index in [0.29, 0.717) is 33.1 Å². The van der Waals surface area contributed by atoms with Crippen molar-refractivity contribution in [1.82, 2.24) is 0 Å². The van der Waals surface area contributed by atoms with E-state index >= 15 is 0 Å². The Morgan fingerprint density at radius 1 is 0.512 bits per heavy atom. The van der Waals surface area contributed by atoms with Crippen LogP contribution >= 0.6 is 0 Å². The van der Waals surface area contributed by atoms with Gasteiger partial charge in [0.05, 0.1) is 11.1 Å². The van der Waals surface area contributed by atoms with E-state index in [1.54, 1.807) is 12.1 Å². The Kier molecular flexibility index (Phi) is 5.79. The number of carbonyl (C=O) groups excluding carboxylic acids is 2. The maximum atomic E-state index is 13.1. The molecule has 5 heteroatoms. The van der Waals surface area contributed by atoms with Gasteiger partial charge >= 0.3 is 11.9 Å². The predicted octanol–water partition coefficient (Wildman–Crippen LogP) is 6.01. The van der Waals surface area contributed by atoms with E-state index in [1.807, 2.05) is 78.9 Å². The SMILES string of the molecule is Cc1ccccc1N(c1ccc(C2=c3cc4c(cc3OC2=O)=C(c2ccccc2)C(=O)O4)cc1)c1ccccc1C. The molecule has 0 spiro atoms. The first kappa shape index (κ1) is 24.6. The van der Waals surface area contributed by atoms with Gasteiger partial charge in [-0.3, -0.25) is 0 Å². The molecule has 7 rings (SSSR count). The van der Waals surface area contributed by atoms with Gasteiger partial charge in [0.1, 0.15) is 11.5 Å². The first-order valence-electron chi connectivity index (χ1n) is 13.4. The molecular formula is C36H25NO4. The van der Waals surface area contributed by atoms with Crippen molar-refractivity contribution in [3.8, 4) is 11.5 Å². The average Bonchev–Trinajstić information content (AvgIpc) is 3.48. The van der Waals surface area contributed by atoms with Crippen LogP contribution in [0.1, 0.15) is 22.3 Å².